The Kier molecular flexibility index (Phi) is 6.07. The van der Waals surface area contributed by atoms with Gasteiger partial charge in [-0.25, -0.2) is 0 Å². The molecule has 5 nitrogen and oxygen atoms in total. The summed E-state index contributed by atoms with van der Waals surface area (Å²) in [6.45, 7) is 4.91. The van der Waals surface area contributed by atoms with Crippen molar-refractivity contribution in [3.8, 4) is 0 Å². The first-order valence-corrected chi connectivity index (χ1v) is 9.35. The molecule has 3 heterocycles. The molecule has 3 rings (SSSR count). The van der Waals surface area contributed by atoms with E-state index < -0.39 is 0 Å². The largest absolute Gasteiger partial charge is 0.469 e. The molecule has 2 aromatic heterocycles. The number of furan rings is 1. The first kappa shape index (κ1) is 17.2. The molecule has 1 atom stereocenters. The molecule has 2 aromatic rings. The number of rotatable bonds is 7. The van der Waals surface area contributed by atoms with Crippen molar-refractivity contribution in [2.75, 3.05) is 39.8 Å². The number of carbonyl (C=O) groups excluding carboxylic acids is 1. The summed E-state index contributed by atoms with van der Waals surface area (Å²) in [5.74, 6) is 0.945. The lowest BCUT2D eigenvalue weighted by molar-refractivity contribution is -0.121. The van der Waals surface area contributed by atoms with Crippen molar-refractivity contribution in [2.45, 2.75) is 18.9 Å². The maximum Gasteiger partial charge on any atom is 0.220 e. The number of amides is 1. The number of thiophene rings is 1. The van der Waals surface area contributed by atoms with Crippen LogP contribution in [0.2, 0.25) is 0 Å². The second-order valence-electron chi connectivity index (χ2n) is 6.25. The van der Waals surface area contributed by atoms with E-state index in [0.29, 0.717) is 19.4 Å². The van der Waals surface area contributed by atoms with E-state index in [0.717, 1.165) is 31.9 Å². The normalized spacial score (nSPS) is 17.7. The standard InChI is InChI=1S/C18H25N3O2S/c1-20-8-10-21(11-9-20)16(17-5-3-13-24-17)14-19-18(22)7-6-15-4-2-12-23-15/h2-5,12-13,16H,6-11,14H2,1H3,(H,19,22). The molecule has 130 valence electrons. The number of aryl methyl sites for hydroxylation is 1. The summed E-state index contributed by atoms with van der Waals surface area (Å²) < 4.78 is 5.28. The Morgan fingerprint density at radius 3 is 2.79 bits per heavy atom. The number of piperazine rings is 1. The highest BCUT2D eigenvalue weighted by Crippen LogP contribution is 2.25. The van der Waals surface area contributed by atoms with E-state index >= 15 is 0 Å². The molecule has 1 amide bonds. The molecule has 0 aromatic carbocycles. The van der Waals surface area contributed by atoms with Crippen molar-refractivity contribution in [2.24, 2.45) is 0 Å². The Labute approximate surface area is 147 Å². The molecule has 0 radical (unpaired) electrons. The van der Waals surface area contributed by atoms with Gasteiger partial charge in [0.25, 0.3) is 0 Å². The third-order valence-corrected chi connectivity index (χ3v) is 5.49. The minimum absolute atomic E-state index is 0.0853. The Morgan fingerprint density at radius 1 is 1.29 bits per heavy atom. The SMILES string of the molecule is CN1CCN(C(CNC(=O)CCc2ccco2)c2cccs2)CC1. The van der Waals surface area contributed by atoms with Gasteiger partial charge in [0.15, 0.2) is 0 Å². The quantitative estimate of drug-likeness (QED) is 0.835. The highest BCUT2D eigenvalue weighted by atomic mass is 32.1. The van der Waals surface area contributed by atoms with E-state index in [2.05, 4.69) is 39.7 Å². The molecule has 1 N–H and O–H groups in total. The number of hydrogen-bond acceptors (Lipinski definition) is 5. The number of hydrogen-bond donors (Lipinski definition) is 1. The smallest absolute Gasteiger partial charge is 0.220 e. The number of likely N-dealkylation sites (N-methyl/N-ethyl adjacent to an activating group) is 1. The number of nitrogens with zero attached hydrogens (tertiary/aromatic N) is 2. The zero-order valence-electron chi connectivity index (χ0n) is 14.1. The van der Waals surface area contributed by atoms with E-state index in [1.54, 1.807) is 17.6 Å². The molecule has 0 bridgehead atoms. The third-order valence-electron chi connectivity index (χ3n) is 4.52. The fraction of sp³-hybridized carbons (Fsp3) is 0.500. The Balaban J connectivity index is 1.53. The fourth-order valence-electron chi connectivity index (χ4n) is 3.01. The molecular formula is C18H25N3O2S. The topological polar surface area (TPSA) is 48.7 Å². The van der Waals surface area contributed by atoms with Crippen LogP contribution in [0.3, 0.4) is 0 Å². The Morgan fingerprint density at radius 2 is 2.12 bits per heavy atom. The average molecular weight is 347 g/mol. The van der Waals surface area contributed by atoms with Gasteiger partial charge in [0.1, 0.15) is 5.76 Å². The van der Waals surface area contributed by atoms with Gasteiger partial charge in [-0.15, -0.1) is 11.3 Å². The maximum absolute atomic E-state index is 12.2. The van der Waals surface area contributed by atoms with Gasteiger partial charge in [0.05, 0.1) is 12.3 Å². The van der Waals surface area contributed by atoms with Crippen LogP contribution in [0, 0.1) is 0 Å². The van der Waals surface area contributed by atoms with Crippen LogP contribution >= 0.6 is 11.3 Å². The monoisotopic (exact) mass is 347 g/mol. The predicted molar refractivity (Wildman–Crippen MR) is 96.2 cm³/mol. The molecule has 24 heavy (non-hydrogen) atoms. The van der Waals surface area contributed by atoms with Gasteiger partial charge in [0, 0.05) is 50.4 Å². The predicted octanol–water partition coefficient (Wildman–Crippen LogP) is 2.38. The van der Waals surface area contributed by atoms with Crippen molar-refractivity contribution in [3.05, 3.63) is 46.5 Å². The van der Waals surface area contributed by atoms with Crippen LogP contribution in [0.4, 0.5) is 0 Å². The Bertz CT molecular complexity index is 604. The van der Waals surface area contributed by atoms with Crippen molar-refractivity contribution >= 4 is 17.2 Å². The first-order valence-electron chi connectivity index (χ1n) is 8.47. The molecule has 0 saturated carbocycles. The van der Waals surface area contributed by atoms with E-state index in [1.165, 1.54) is 4.88 Å². The van der Waals surface area contributed by atoms with Crippen LogP contribution in [0.15, 0.2) is 40.3 Å². The highest BCUT2D eigenvalue weighted by Gasteiger charge is 2.25. The van der Waals surface area contributed by atoms with E-state index in [1.807, 2.05) is 12.1 Å². The van der Waals surface area contributed by atoms with Gasteiger partial charge in [-0.1, -0.05) is 6.07 Å². The van der Waals surface area contributed by atoms with Gasteiger partial charge < -0.3 is 14.6 Å². The second kappa shape index (κ2) is 8.46. The van der Waals surface area contributed by atoms with Crippen LogP contribution in [-0.2, 0) is 11.2 Å². The molecule has 1 aliphatic heterocycles. The number of carbonyl (C=O) groups is 1. The minimum atomic E-state index is 0.0853. The maximum atomic E-state index is 12.2. The Hall–Kier alpha value is -1.63. The van der Waals surface area contributed by atoms with Gasteiger partial charge in [-0.3, -0.25) is 9.69 Å². The lowest BCUT2D eigenvalue weighted by atomic mass is 10.1. The summed E-state index contributed by atoms with van der Waals surface area (Å²) >= 11 is 1.77. The highest BCUT2D eigenvalue weighted by molar-refractivity contribution is 7.10. The van der Waals surface area contributed by atoms with Gasteiger partial charge in [-0.05, 0) is 30.6 Å². The number of nitrogens with one attached hydrogen (secondary N) is 1. The van der Waals surface area contributed by atoms with Crippen LogP contribution in [0.5, 0.6) is 0 Å². The van der Waals surface area contributed by atoms with Crippen LogP contribution in [0.25, 0.3) is 0 Å². The molecule has 1 aliphatic rings. The summed E-state index contributed by atoms with van der Waals surface area (Å²) in [7, 11) is 2.16. The first-order chi connectivity index (χ1) is 11.7. The lowest BCUT2D eigenvalue weighted by Gasteiger charge is -2.37. The van der Waals surface area contributed by atoms with Crippen molar-refractivity contribution in [1.29, 1.82) is 0 Å². The van der Waals surface area contributed by atoms with Gasteiger partial charge >= 0.3 is 0 Å². The molecular weight excluding hydrogens is 322 g/mol. The van der Waals surface area contributed by atoms with E-state index in [9.17, 15) is 4.79 Å². The average Bonchev–Trinajstić information content (AvgIpc) is 3.28. The third kappa shape index (κ3) is 4.69. The van der Waals surface area contributed by atoms with Crippen molar-refractivity contribution in [3.63, 3.8) is 0 Å². The molecule has 6 heteroatoms. The molecule has 0 spiro atoms. The van der Waals surface area contributed by atoms with Gasteiger partial charge in [0.2, 0.25) is 5.91 Å². The summed E-state index contributed by atoms with van der Waals surface area (Å²) in [4.78, 5) is 18.3. The summed E-state index contributed by atoms with van der Waals surface area (Å²) in [6.07, 6.45) is 2.76. The minimum Gasteiger partial charge on any atom is -0.469 e. The van der Waals surface area contributed by atoms with Crippen molar-refractivity contribution < 1.29 is 9.21 Å². The van der Waals surface area contributed by atoms with Crippen LogP contribution in [-0.4, -0.2) is 55.5 Å². The van der Waals surface area contributed by atoms with E-state index in [-0.39, 0.29) is 11.9 Å². The second-order valence-corrected chi connectivity index (χ2v) is 7.23. The summed E-state index contributed by atoms with van der Waals surface area (Å²) in [5, 5.41) is 5.22. The summed E-state index contributed by atoms with van der Waals surface area (Å²) in [6, 6.07) is 8.29. The molecule has 1 fully saturated rings. The van der Waals surface area contributed by atoms with Crippen LogP contribution in [0.1, 0.15) is 23.1 Å². The molecule has 1 unspecified atom stereocenters. The molecule has 1 saturated heterocycles. The lowest BCUT2D eigenvalue weighted by Crippen LogP contribution is -2.48. The molecule has 0 aliphatic carbocycles. The zero-order chi connectivity index (χ0) is 16.8. The van der Waals surface area contributed by atoms with Crippen LogP contribution < -0.4 is 5.32 Å². The van der Waals surface area contributed by atoms with E-state index in [4.69, 9.17) is 4.42 Å². The zero-order valence-corrected chi connectivity index (χ0v) is 14.9. The summed E-state index contributed by atoms with van der Waals surface area (Å²) in [5.41, 5.74) is 0. The van der Waals surface area contributed by atoms with Gasteiger partial charge in [-0.2, -0.15) is 0 Å². The fourth-order valence-corrected chi connectivity index (χ4v) is 3.88. The van der Waals surface area contributed by atoms with Crippen molar-refractivity contribution in [1.82, 2.24) is 15.1 Å².